The maximum Gasteiger partial charge on any atom is 0.270 e. The van der Waals surface area contributed by atoms with E-state index in [1.807, 2.05) is 18.7 Å². The van der Waals surface area contributed by atoms with Gasteiger partial charge in [0.05, 0.1) is 4.90 Å². The first-order valence-corrected chi connectivity index (χ1v) is 9.87. The van der Waals surface area contributed by atoms with E-state index in [9.17, 15) is 13.2 Å². The van der Waals surface area contributed by atoms with Crippen molar-refractivity contribution in [1.82, 2.24) is 15.3 Å². The number of nitrogens with two attached hydrogens (primary N) is 1. The number of hydrogen-bond donors (Lipinski definition) is 2. The van der Waals surface area contributed by atoms with Gasteiger partial charge >= 0.3 is 0 Å². The molecule has 1 heterocycles. The smallest absolute Gasteiger partial charge is 0.270 e. The first kappa shape index (κ1) is 19.8. The molecule has 1 amide bonds. The van der Waals surface area contributed by atoms with E-state index < -0.39 is 10.0 Å². The Morgan fingerprint density at radius 3 is 2.38 bits per heavy atom. The molecular formula is C17H23N5O3S. The summed E-state index contributed by atoms with van der Waals surface area (Å²) in [7, 11) is -3.69. The van der Waals surface area contributed by atoms with E-state index in [0.717, 1.165) is 18.7 Å². The first-order chi connectivity index (χ1) is 12.3. The Balaban J connectivity index is 1.94. The predicted octanol–water partition coefficient (Wildman–Crippen LogP) is 0.943. The van der Waals surface area contributed by atoms with Crippen LogP contribution in [0.4, 0.5) is 5.95 Å². The molecule has 0 bridgehead atoms. The van der Waals surface area contributed by atoms with Gasteiger partial charge in [-0.3, -0.25) is 4.79 Å². The number of nitrogens with zero attached hydrogens (tertiary/aromatic N) is 3. The monoisotopic (exact) mass is 377 g/mol. The molecule has 0 spiro atoms. The molecule has 0 aliphatic carbocycles. The second-order valence-corrected chi connectivity index (χ2v) is 7.17. The molecule has 1 aromatic heterocycles. The number of carbonyl (C=O) groups is 1. The predicted molar refractivity (Wildman–Crippen MR) is 99.4 cm³/mol. The van der Waals surface area contributed by atoms with Crippen molar-refractivity contribution in [2.45, 2.75) is 25.2 Å². The molecule has 0 saturated carbocycles. The van der Waals surface area contributed by atoms with E-state index in [0.29, 0.717) is 24.6 Å². The molecule has 3 N–H and O–H groups in total. The van der Waals surface area contributed by atoms with Gasteiger partial charge in [0.15, 0.2) is 0 Å². The van der Waals surface area contributed by atoms with Crippen molar-refractivity contribution < 1.29 is 13.2 Å². The second kappa shape index (κ2) is 8.72. The van der Waals surface area contributed by atoms with Crippen LogP contribution in [0, 0.1) is 0 Å². The minimum atomic E-state index is -3.69. The molecule has 0 unspecified atom stereocenters. The quantitative estimate of drug-likeness (QED) is 0.707. The van der Waals surface area contributed by atoms with Crippen molar-refractivity contribution in [1.29, 1.82) is 0 Å². The molecule has 26 heavy (non-hydrogen) atoms. The van der Waals surface area contributed by atoms with Crippen LogP contribution in [0.5, 0.6) is 0 Å². The number of carbonyl (C=O) groups excluding carboxylic acids is 1. The molecule has 0 saturated heterocycles. The third kappa shape index (κ3) is 5.24. The Bertz CT molecular complexity index is 849. The van der Waals surface area contributed by atoms with Gasteiger partial charge in [-0.1, -0.05) is 12.1 Å². The van der Waals surface area contributed by atoms with Crippen LogP contribution >= 0.6 is 0 Å². The van der Waals surface area contributed by atoms with Gasteiger partial charge in [-0.05, 0) is 44.0 Å². The molecule has 0 fully saturated rings. The van der Waals surface area contributed by atoms with Crippen molar-refractivity contribution >= 4 is 21.9 Å². The van der Waals surface area contributed by atoms with Crippen molar-refractivity contribution in [3.63, 3.8) is 0 Å². The molecule has 1 aromatic carbocycles. The maximum absolute atomic E-state index is 12.3. The van der Waals surface area contributed by atoms with Gasteiger partial charge in [-0.2, -0.15) is 0 Å². The number of anilines is 1. The van der Waals surface area contributed by atoms with E-state index in [1.165, 1.54) is 12.1 Å². The van der Waals surface area contributed by atoms with E-state index in [2.05, 4.69) is 15.3 Å². The summed E-state index contributed by atoms with van der Waals surface area (Å²) in [5.41, 5.74) is 1.20. The Kier molecular flexibility index (Phi) is 6.64. The third-order valence-electron chi connectivity index (χ3n) is 3.87. The molecule has 8 nitrogen and oxygen atoms in total. The molecule has 9 heteroatoms. The standard InChI is InChI=1S/C17H23N5O3S/c1-3-22(4-2)17-20-12-10-15(21-17)16(23)19-11-9-13-5-7-14(8-6-13)26(18,24)25/h5-8,10,12H,3-4,9,11H2,1-2H3,(H,19,23)(H2,18,24,25). The molecule has 0 aliphatic rings. The SMILES string of the molecule is CCN(CC)c1nccc(C(=O)NCCc2ccc(S(N)(=O)=O)cc2)n1. The van der Waals surface area contributed by atoms with Crippen LogP contribution in [0.3, 0.4) is 0 Å². The van der Waals surface area contributed by atoms with Gasteiger partial charge in [0.1, 0.15) is 5.69 Å². The highest BCUT2D eigenvalue weighted by atomic mass is 32.2. The van der Waals surface area contributed by atoms with Gasteiger partial charge in [-0.25, -0.2) is 23.5 Å². The molecule has 0 aliphatic heterocycles. The lowest BCUT2D eigenvalue weighted by atomic mass is 10.1. The van der Waals surface area contributed by atoms with Crippen LogP contribution < -0.4 is 15.4 Å². The van der Waals surface area contributed by atoms with Crippen LogP contribution in [0.15, 0.2) is 41.4 Å². The molecule has 140 valence electrons. The first-order valence-electron chi connectivity index (χ1n) is 8.33. The highest BCUT2D eigenvalue weighted by Crippen LogP contribution is 2.09. The number of primary sulfonamides is 1. The zero-order valence-electron chi connectivity index (χ0n) is 14.8. The molecular weight excluding hydrogens is 354 g/mol. The fourth-order valence-electron chi connectivity index (χ4n) is 2.39. The van der Waals surface area contributed by atoms with E-state index in [1.54, 1.807) is 24.4 Å². The van der Waals surface area contributed by atoms with Crippen LogP contribution in [0.1, 0.15) is 29.9 Å². The van der Waals surface area contributed by atoms with Crippen molar-refractivity contribution in [2.75, 3.05) is 24.5 Å². The summed E-state index contributed by atoms with van der Waals surface area (Å²) in [6, 6.07) is 7.83. The van der Waals surface area contributed by atoms with Crippen LogP contribution in [0.2, 0.25) is 0 Å². The lowest BCUT2D eigenvalue weighted by Gasteiger charge is -2.18. The van der Waals surface area contributed by atoms with Gasteiger partial charge < -0.3 is 10.2 Å². The molecule has 0 atom stereocenters. The molecule has 2 aromatic rings. The number of benzene rings is 1. The zero-order chi connectivity index (χ0) is 19.2. The average molecular weight is 377 g/mol. The van der Waals surface area contributed by atoms with Crippen LogP contribution in [0.25, 0.3) is 0 Å². The minimum absolute atomic E-state index is 0.0650. The van der Waals surface area contributed by atoms with E-state index >= 15 is 0 Å². The lowest BCUT2D eigenvalue weighted by molar-refractivity contribution is 0.0949. The maximum atomic E-state index is 12.3. The Labute approximate surface area is 153 Å². The summed E-state index contributed by atoms with van der Waals surface area (Å²) in [6.45, 7) is 5.92. The fraction of sp³-hybridized carbons (Fsp3) is 0.353. The topological polar surface area (TPSA) is 118 Å². The molecule has 0 radical (unpaired) electrons. The number of aromatic nitrogens is 2. The second-order valence-electron chi connectivity index (χ2n) is 5.61. The van der Waals surface area contributed by atoms with Crippen molar-refractivity contribution in [2.24, 2.45) is 5.14 Å². The number of rotatable bonds is 8. The Morgan fingerprint density at radius 2 is 1.81 bits per heavy atom. The third-order valence-corrected chi connectivity index (χ3v) is 4.80. The number of nitrogens with one attached hydrogen (secondary N) is 1. The lowest BCUT2D eigenvalue weighted by Crippen LogP contribution is -2.29. The summed E-state index contributed by atoms with van der Waals surface area (Å²) in [4.78, 5) is 22.8. The highest BCUT2D eigenvalue weighted by molar-refractivity contribution is 7.89. The summed E-state index contributed by atoms with van der Waals surface area (Å²) in [5, 5.41) is 7.87. The Hall–Kier alpha value is -2.52. The van der Waals surface area contributed by atoms with Gasteiger partial charge in [0.2, 0.25) is 16.0 Å². The van der Waals surface area contributed by atoms with Gasteiger partial charge in [-0.15, -0.1) is 0 Å². The number of amides is 1. The zero-order valence-corrected chi connectivity index (χ0v) is 15.7. The van der Waals surface area contributed by atoms with Gasteiger partial charge in [0.25, 0.3) is 5.91 Å². The van der Waals surface area contributed by atoms with Crippen molar-refractivity contribution in [3.8, 4) is 0 Å². The Morgan fingerprint density at radius 1 is 1.15 bits per heavy atom. The number of hydrogen-bond acceptors (Lipinski definition) is 6. The minimum Gasteiger partial charge on any atom is -0.350 e. The number of sulfonamides is 1. The largest absolute Gasteiger partial charge is 0.350 e. The fourth-order valence-corrected chi connectivity index (χ4v) is 2.91. The highest BCUT2D eigenvalue weighted by Gasteiger charge is 2.11. The summed E-state index contributed by atoms with van der Waals surface area (Å²) < 4.78 is 22.5. The average Bonchev–Trinajstić information content (AvgIpc) is 2.62. The summed E-state index contributed by atoms with van der Waals surface area (Å²) >= 11 is 0. The molecule has 2 rings (SSSR count). The van der Waals surface area contributed by atoms with Crippen molar-refractivity contribution in [3.05, 3.63) is 47.8 Å². The van der Waals surface area contributed by atoms with E-state index in [-0.39, 0.29) is 10.8 Å². The van der Waals surface area contributed by atoms with Crippen LogP contribution in [-0.4, -0.2) is 43.9 Å². The van der Waals surface area contributed by atoms with Gasteiger partial charge in [0, 0.05) is 25.8 Å². The summed E-state index contributed by atoms with van der Waals surface area (Å²) in [5.74, 6) is 0.253. The summed E-state index contributed by atoms with van der Waals surface area (Å²) in [6.07, 6.45) is 2.13. The van der Waals surface area contributed by atoms with E-state index in [4.69, 9.17) is 5.14 Å². The van der Waals surface area contributed by atoms with Crippen LogP contribution in [-0.2, 0) is 16.4 Å². The normalized spacial score (nSPS) is 11.2.